The lowest BCUT2D eigenvalue weighted by molar-refractivity contribution is -0.385. The van der Waals surface area contributed by atoms with Gasteiger partial charge in [0.1, 0.15) is 5.82 Å². The van der Waals surface area contributed by atoms with Crippen LogP contribution in [0, 0.1) is 22.9 Å². The van der Waals surface area contributed by atoms with E-state index in [2.05, 4.69) is 5.32 Å². The Balaban J connectivity index is 2.02. The van der Waals surface area contributed by atoms with Gasteiger partial charge in [0, 0.05) is 24.4 Å². The summed E-state index contributed by atoms with van der Waals surface area (Å²) in [4.78, 5) is 36.4. The number of amides is 2. The maximum absolute atomic E-state index is 13.4. The van der Waals surface area contributed by atoms with Crippen LogP contribution in [0.1, 0.15) is 18.9 Å². The summed E-state index contributed by atoms with van der Waals surface area (Å²) in [5, 5.41) is 13.8. The number of nitrogens with one attached hydrogen (secondary N) is 1. The zero-order valence-electron chi connectivity index (χ0n) is 16.2. The zero-order valence-corrected chi connectivity index (χ0v) is 16.2. The van der Waals surface area contributed by atoms with Crippen molar-refractivity contribution in [1.29, 1.82) is 0 Å². The normalized spacial score (nSPS) is 10.3. The highest BCUT2D eigenvalue weighted by atomic mass is 19.1. The quantitative estimate of drug-likeness (QED) is 0.511. The summed E-state index contributed by atoms with van der Waals surface area (Å²) in [6.45, 7) is 3.24. The van der Waals surface area contributed by atoms with Crippen molar-refractivity contribution in [2.24, 2.45) is 0 Å². The van der Waals surface area contributed by atoms with Crippen molar-refractivity contribution in [3.05, 3.63) is 64.0 Å². The Morgan fingerprint density at radius 3 is 2.62 bits per heavy atom. The van der Waals surface area contributed by atoms with E-state index in [0.717, 1.165) is 23.8 Å². The van der Waals surface area contributed by atoms with Gasteiger partial charge in [0.05, 0.1) is 11.5 Å². The Bertz CT molecular complexity index is 903. The molecule has 2 rings (SSSR count). The molecule has 0 unspecified atom stereocenters. The van der Waals surface area contributed by atoms with Gasteiger partial charge in [-0.25, -0.2) is 4.39 Å². The highest BCUT2D eigenvalue weighted by molar-refractivity contribution is 5.95. The molecule has 2 amide bonds. The number of carbonyl (C=O) groups is 2. The molecule has 9 heteroatoms. The van der Waals surface area contributed by atoms with Gasteiger partial charge in [0.2, 0.25) is 11.7 Å². The molecular formula is C20H22FN3O5. The summed E-state index contributed by atoms with van der Waals surface area (Å²) in [6.07, 6.45) is 0.601. The Morgan fingerprint density at radius 1 is 1.24 bits per heavy atom. The molecule has 154 valence electrons. The standard InChI is InChI=1S/C20H22FN3O5/c1-3-10-23(12-19(25)22-16-7-5-4-6-14(16)2)20(26)13-29-18-11-15(21)8-9-17(18)24(27)28/h4-9,11H,3,10,12-13H2,1-2H3,(H,22,25). The molecule has 0 atom stereocenters. The lowest BCUT2D eigenvalue weighted by Gasteiger charge is -2.22. The highest BCUT2D eigenvalue weighted by Gasteiger charge is 2.21. The second kappa shape index (κ2) is 10.2. The fourth-order valence-electron chi connectivity index (χ4n) is 2.62. The van der Waals surface area contributed by atoms with Crippen LogP contribution >= 0.6 is 0 Å². The molecule has 2 aromatic rings. The summed E-state index contributed by atoms with van der Waals surface area (Å²) >= 11 is 0. The van der Waals surface area contributed by atoms with Crippen LogP contribution in [0.5, 0.6) is 5.75 Å². The van der Waals surface area contributed by atoms with E-state index in [1.165, 1.54) is 4.90 Å². The molecule has 0 aliphatic carbocycles. The van der Waals surface area contributed by atoms with Crippen molar-refractivity contribution in [1.82, 2.24) is 4.90 Å². The molecule has 0 spiro atoms. The monoisotopic (exact) mass is 403 g/mol. The van der Waals surface area contributed by atoms with Crippen LogP contribution < -0.4 is 10.1 Å². The van der Waals surface area contributed by atoms with E-state index in [4.69, 9.17) is 4.74 Å². The van der Waals surface area contributed by atoms with Crippen molar-refractivity contribution >= 4 is 23.2 Å². The molecule has 0 saturated heterocycles. The minimum Gasteiger partial charge on any atom is -0.477 e. The summed E-state index contributed by atoms with van der Waals surface area (Å²) in [5.74, 6) is -1.98. The molecule has 0 aromatic heterocycles. The molecule has 0 aliphatic heterocycles. The summed E-state index contributed by atoms with van der Waals surface area (Å²) in [7, 11) is 0. The molecular weight excluding hydrogens is 381 g/mol. The first-order valence-corrected chi connectivity index (χ1v) is 9.01. The van der Waals surface area contributed by atoms with E-state index >= 15 is 0 Å². The fraction of sp³-hybridized carbons (Fsp3) is 0.300. The summed E-state index contributed by atoms with van der Waals surface area (Å²) in [5.41, 5.74) is 1.09. The molecule has 0 heterocycles. The number of hydrogen-bond donors (Lipinski definition) is 1. The molecule has 0 fully saturated rings. The number of rotatable bonds is 9. The number of nitro benzene ring substituents is 1. The first kappa shape index (κ1) is 21.8. The van der Waals surface area contributed by atoms with E-state index < -0.39 is 28.9 Å². The number of carbonyl (C=O) groups excluding carboxylic acids is 2. The van der Waals surface area contributed by atoms with Crippen LogP contribution in [-0.4, -0.2) is 41.3 Å². The van der Waals surface area contributed by atoms with E-state index in [0.29, 0.717) is 18.7 Å². The number of para-hydroxylation sites is 1. The van der Waals surface area contributed by atoms with Crippen LogP contribution in [0.15, 0.2) is 42.5 Å². The SMILES string of the molecule is CCCN(CC(=O)Nc1ccccc1C)C(=O)COc1cc(F)ccc1[N+](=O)[O-]. The summed E-state index contributed by atoms with van der Waals surface area (Å²) < 4.78 is 18.6. The number of halogens is 1. The van der Waals surface area contributed by atoms with E-state index in [-0.39, 0.29) is 18.2 Å². The maximum atomic E-state index is 13.4. The van der Waals surface area contributed by atoms with Crippen LogP contribution in [0.2, 0.25) is 0 Å². The fourth-order valence-corrected chi connectivity index (χ4v) is 2.62. The van der Waals surface area contributed by atoms with Crippen molar-refractivity contribution < 1.29 is 23.6 Å². The predicted molar refractivity (Wildman–Crippen MR) is 105 cm³/mol. The van der Waals surface area contributed by atoms with E-state index in [9.17, 15) is 24.1 Å². The Hall–Kier alpha value is -3.49. The van der Waals surface area contributed by atoms with Crippen molar-refractivity contribution in [2.45, 2.75) is 20.3 Å². The zero-order chi connectivity index (χ0) is 21.4. The smallest absolute Gasteiger partial charge is 0.311 e. The van der Waals surface area contributed by atoms with Crippen molar-refractivity contribution in [2.75, 3.05) is 25.0 Å². The van der Waals surface area contributed by atoms with E-state index in [1.54, 1.807) is 12.1 Å². The molecule has 0 bridgehead atoms. The van der Waals surface area contributed by atoms with Gasteiger partial charge in [-0.1, -0.05) is 25.1 Å². The van der Waals surface area contributed by atoms with Crippen LogP contribution in [-0.2, 0) is 9.59 Å². The van der Waals surface area contributed by atoms with Gasteiger partial charge in [0.15, 0.2) is 6.61 Å². The molecule has 1 N–H and O–H groups in total. The van der Waals surface area contributed by atoms with Crippen LogP contribution in [0.4, 0.5) is 15.8 Å². The second-order valence-electron chi connectivity index (χ2n) is 6.34. The second-order valence-corrected chi connectivity index (χ2v) is 6.34. The van der Waals surface area contributed by atoms with Crippen molar-refractivity contribution in [3.63, 3.8) is 0 Å². The lowest BCUT2D eigenvalue weighted by Crippen LogP contribution is -2.41. The first-order valence-electron chi connectivity index (χ1n) is 9.01. The third-order valence-corrected chi connectivity index (χ3v) is 4.07. The van der Waals surface area contributed by atoms with Gasteiger partial charge < -0.3 is 15.0 Å². The predicted octanol–water partition coefficient (Wildman–Crippen LogP) is 3.30. The van der Waals surface area contributed by atoms with Gasteiger partial charge in [-0.15, -0.1) is 0 Å². The lowest BCUT2D eigenvalue weighted by atomic mass is 10.2. The van der Waals surface area contributed by atoms with Crippen molar-refractivity contribution in [3.8, 4) is 5.75 Å². The molecule has 0 saturated carbocycles. The number of benzene rings is 2. The Morgan fingerprint density at radius 2 is 1.97 bits per heavy atom. The van der Waals surface area contributed by atoms with Gasteiger partial charge in [-0.3, -0.25) is 19.7 Å². The Labute approximate surface area is 167 Å². The van der Waals surface area contributed by atoms with Gasteiger partial charge in [-0.05, 0) is 31.0 Å². The number of ether oxygens (including phenoxy) is 1. The number of anilines is 1. The van der Waals surface area contributed by atoms with Gasteiger partial charge in [-0.2, -0.15) is 0 Å². The van der Waals surface area contributed by atoms with Gasteiger partial charge in [0.25, 0.3) is 5.91 Å². The van der Waals surface area contributed by atoms with E-state index in [1.807, 2.05) is 26.0 Å². The molecule has 0 radical (unpaired) electrons. The minimum absolute atomic E-state index is 0.199. The Kier molecular flexibility index (Phi) is 7.64. The molecule has 2 aromatic carbocycles. The highest BCUT2D eigenvalue weighted by Crippen LogP contribution is 2.27. The third kappa shape index (κ3) is 6.27. The maximum Gasteiger partial charge on any atom is 0.311 e. The average Bonchev–Trinajstić information content (AvgIpc) is 2.67. The number of hydrogen-bond acceptors (Lipinski definition) is 5. The largest absolute Gasteiger partial charge is 0.477 e. The first-order chi connectivity index (χ1) is 13.8. The van der Waals surface area contributed by atoms with Crippen LogP contribution in [0.25, 0.3) is 0 Å². The molecule has 0 aliphatic rings. The third-order valence-electron chi connectivity index (χ3n) is 4.07. The number of aryl methyl sites for hydroxylation is 1. The van der Waals surface area contributed by atoms with Crippen LogP contribution in [0.3, 0.4) is 0 Å². The molecule has 8 nitrogen and oxygen atoms in total. The summed E-state index contributed by atoms with van der Waals surface area (Å²) in [6, 6.07) is 10.00. The number of nitro groups is 1. The topological polar surface area (TPSA) is 102 Å². The average molecular weight is 403 g/mol. The number of nitrogens with zero attached hydrogens (tertiary/aromatic N) is 2. The molecule has 29 heavy (non-hydrogen) atoms. The van der Waals surface area contributed by atoms with Gasteiger partial charge >= 0.3 is 5.69 Å². The minimum atomic E-state index is -0.724.